The average Bonchev–Trinajstić information content (AvgIpc) is 2.53. The summed E-state index contributed by atoms with van der Waals surface area (Å²) in [5.41, 5.74) is 10.1. The predicted octanol–water partition coefficient (Wildman–Crippen LogP) is 5.69. The van der Waals surface area contributed by atoms with Gasteiger partial charge >= 0.3 is 143 Å². The van der Waals surface area contributed by atoms with Gasteiger partial charge in [0.25, 0.3) is 0 Å². The molecule has 0 amide bonds. The van der Waals surface area contributed by atoms with Gasteiger partial charge in [-0.2, -0.15) is 0 Å². The molecule has 2 rings (SSSR count). The number of para-hydroxylation sites is 1. The molecular weight excluding hydrogens is 402 g/mol. The number of hydrogen-bond donors (Lipinski definition) is 1. The molecule has 24 heavy (non-hydrogen) atoms. The largest absolute Gasteiger partial charge is 0.147 e. The molecule has 0 aliphatic heterocycles. The number of aryl methyl sites for hydroxylation is 1. The minimum Gasteiger partial charge on any atom is -0.147 e. The van der Waals surface area contributed by atoms with Crippen molar-refractivity contribution >= 4 is 58.4 Å². The zero-order valence-electron chi connectivity index (χ0n) is 14.5. The minimum atomic E-state index is 0. The Hall–Kier alpha value is -0.432. The SMILES string of the molecule is CCCCCc1c(N)nc2ccccc2c1CCCCC[As].Cl.Cl. The van der Waals surface area contributed by atoms with Crippen molar-refractivity contribution < 1.29 is 0 Å². The topological polar surface area (TPSA) is 38.9 Å². The van der Waals surface area contributed by atoms with Crippen LogP contribution in [0.3, 0.4) is 0 Å². The summed E-state index contributed by atoms with van der Waals surface area (Å²) in [4.78, 5) is 4.63. The van der Waals surface area contributed by atoms with Gasteiger partial charge in [-0.1, -0.05) is 0 Å². The van der Waals surface area contributed by atoms with Gasteiger partial charge in [-0.15, -0.1) is 24.8 Å². The molecule has 1 heterocycles. The van der Waals surface area contributed by atoms with E-state index in [2.05, 4.69) is 47.0 Å². The molecule has 0 saturated heterocycles. The van der Waals surface area contributed by atoms with Crippen molar-refractivity contribution in [1.82, 2.24) is 4.98 Å². The van der Waals surface area contributed by atoms with E-state index in [-0.39, 0.29) is 24.8 Å². The average molecular weight is 431 g/mol. The van der Waals surface area contributed by atoms with Gasteiger partial charge in [0.2, 0.25) is 0 Å². The molecule has 1 aromatic heterocycles. The van der Waals surface area contributed by atoms with Crippen molar-refractivity contribution in [3.05, 3.63) is 35.4 Å². The van der Waals surface area contributed by atoms with Gasteiger partial charge in [0.1, 0.15) is 0 Å². The van der Waals surface area contributed by atoms with Crippen LogP contribution in [0.15, 0.2) is 24.3 Å². The van der Waals surface area contributed by atoms with E-state index in [4.69, 9.17) is 5.73 Å². The van der Waals surface area contributed by atoms with Gasteiger partial charge in [0.05, 0.1) is 0 Å². The van der Waals surface area contributed by atoms with Crippen molar-refractivity contribution in [3.8, 4) is 0 Å². The van der Waals surface area contributed by atoms with Crippen LogP contribution in [-0.2, 0) is 12.8 Å². The van der Waals surface area contributed by atoms with Crippen molar-refractivity contribution in [3.63, 3.8) is 0 Å². The first-order valence-corrected chi connectivity index (χ1v) is 9.87. The molecule has 1 aromatic carbocycles. The molecule has 2 N–H and O–H groups in total. The summed E-state index contributed by atoms with van der Waals surface area (Å²) in [5, 5.41) is 2.52. The fraction of sp³-hybridized carbons (Fsp3) is 0.526. The van der Waals surface area contributed by atoms with Crippen LogP contribution in [0.5, 0.6) is 0 Å². The maximum Gasteiger partial charge on any atom is -0.147 e. The van der Waals surface area contributed by atoms with Crippen LogP contribution >= 0.6 is 24.8 Å². The minimum absolute atomic E-state index is 0. The summed E-state index contributed by atoms with van der Waals surface area (Å²) in [7, 11) is 0. The number of rotatable bonds is 9. The summed E-state index contributed by atoms with van der Waals surface area (Å²) in [5.74, 6) is 0.747. The Balaban J connectivity index is 0.00000264. The van der Waals surface area contributed by atoms with Crippen LogP contribution in [0.25, 0.3) is 10.9 Å². The number of halogens is 2. The van der Waals surface area contributed by atoms with Gasteiger partial charge < -0.3 is 0 Å². The predicted molar refractivity (Wildman–Crippen MR) is 112 cm³/mol. The summed E-state index contributed by atoms with van der Waals surface area (Å²) >= 11 is 2.68. The van der Waals surface area contributed by atoms with Gasteiger partial charge in [0.15, 0.2) is 0 Å². The molecule has 0 fully saturated rings. The van der Waals surface area contributed by atoms with E-state index in [1.165, 1.54) is 60.2 Å². The maximum absolute atomic E-state index is 6.29. The van der Waals surface area contributed by atoms with E-state index < -0.39 is 0 Å². The van der Waals surface area contributed by atoms with Gasteiger partial charge in [-0.3, -0.25) is 0 Å². The molecule has 0 saturated carbocycles. The Labute approximate surface area is 167 Å². The van der Waals surface area contributed by atoms with Crippen LogP contribution in [0, 0.1) is 0 Å². The van der Waals surface area contributed by atoms with Crippen LogP contribution in [0.1, 0.15) is 56.6 Å². The van der Waals surface area contributed by atoms with E-state index in [0.717, 1.165) is 24.2 Å². The Kier molecular flexibility index (Phi) is 12.6. The molecule has 5 heteroatoms. The molecule has 2 aromatic rings. The fourth-order valence-corrected chi connectivity index (χ4v) is 3.52. The molecule has 2 nitrogen and oxygen atoms in total. The van der Waals surface area contributed by atoms with Crippen LogP contribution < -0.4 is 5.73 Å². The molecule has 0 aliphatic rings. The van der Waals surface area contributed by atoms with E-state index in [1.807, 2.05) is 6.07 Å². The number of hydrogen-bond acceptors (Lipinski definition) is 2. The Morgan fingerprint density at radius 2 is 1.58 bits per heavy atom. The van der Waals surface area contributed by atoms with Gasteiger partial charge in [0, 0.05) is 0 Å². The summed E-state index contributed by atoms with van der Waals surface area (Å²) < 4.78 is 0. The first-order chi connectivity index (χ1) is 10.8. The maximum atomic E-state index is 6.29. The third-order valence-corrected chi connectivity index (χ3v) is 4.92. The summed E-state index contributed by atoms with van der Waals surface area (Å²) in [6, 6.07) is 8.44. The fourth-order valence-electron chi connectivity index (χ4n) is 3.05. The zero-order valence-corrected chi connectivity index (χ0v) is 18.0. The standard InChI is InChI=1S/C19H27AsN2.2ClH/c1-2-3-5-12-17-15(10-6-4-9-14-20)16-11-7-8-13-18(16)22-19(17)21;;/h7-8,11,13H,2-6,9-10,12,14H2,1H3,(H2,21,22);2*1H. The second-order valence-corrected chi connectivity index (χ2v) is 6.90. The molecule has 134 valence electrons. The number of pyridine rings is 1. The van der Waals surface area contributed by atoms with Crippen LogP contribution in [0.2, 0.25) is 5.21 Å². The number of benzene rings is 1. The molecule has 0 spiro atoms. The quantitative estimate of drug-likeness (QED) is 0.409. The van der Waals surface area contributed by atoms with E-state index >= 15 is 0 Å². The molecule has 0 bridgehead atoms. The van der Waals surface area contributed by atoms with Crippen molar-refractivity contribution in [2.24, 2.45) is 0 Å². The third kappa shape index (κ3) is 6.47. The van der Waals surface area contributed by atoms with E-state index in [1.54, 1.807) is 0 Å². The first-order valence-electron chi connectivity index (χ1n) is 8.54. The Morgan fingerprint density at radius 1 is 0.917 bits per heavy atom. The summed E-state index contributed by atoms with van der Waals surface area (Å²) in [6.45, 7) is 2.24. The molecular formula is C19H29AsCl2N2. The molecule has 0 aliphatic carbocycles. The summed E-state index contributed by atoms with van der Waals surface area (Å²) in [6.07, 6.45) is 9.74. The van der Waals surface area contributed by atoms with E-state index in [0.29, 0.717) is 0 Å². The monoisotopic (exact) mass is 430 g/mol. The number of nitrogens with zero attached hydrogens (tertiary/aromatic N) is 1. The van der Waals surface area contributed by atoms with Crippen LogP contribution in [0.4, 0.5) is 5.82 Å². The number of nitrogens with two attached hydrogens (primary N) is 1. The number of anilines is 1. The van der Waals surface area contributed by atoms with E-state index in [9.17, 15) is 0 Å². The number of nitrogen functional groups attached to an aromatic ring is 1. The normalized spacial score (nSPS) is 10.2. The second-order valence-electron chi connectivity index (χ2n) is 5.96. The number of fused-ring (bicyclic) bond motifs is 1. The van der Waals surface area contributed by atoms with Crippen molar-refractivity contribution in [1.29, 1.82) is 0 Å². The third-order valence-electron chi connectivity index (χ3n) is 4.26. The zero-order chi connectivity index (χ0) is 15.8. The second kappa shape index (κ2) is 12.9. The first kappa shape index (κ1) is 23.6. The van der Waals surface area contributed by atoms with Crippen LogP contribution in [-0.4, -0.2) is 21.8 Å². The van der Waals surface area contributed by atoms with Crippen molar-refractivity contribution in [2.45, 2.75) is 63.5 Å². The Bertz CT molecular complexity index is 605. The molecule has 0 atom stereocenters. The molecule has 0 unspecified atom stereocenters. The number of aromatic nitrogens is 1. The number of unbranched alkanes of at least 4 members (excludes halogenated alkanes) is 4. The van der Waals surface area contributed by atoms with Crippen molar-refractivity contribution in [2.75, 3.05) is 5.73 Å². The van der Waals surface area contributed by atoms with Gasteiger partial charge in [-0.05, 0) is 0 Å². The van der Waals surface area contributed by atoms with Gasteiger partial charge in [-0.25, -0.2) is 0 Å². The Morgan fingerprint density at radius 3 is 2.29 bits per heavy atom. The molecule has 2 radical (unpaired) electrons. The smallest absolute Gasteiger partial charge is 0.147 e.